The zero-order chi connectivity index (χ0) is 26.4. The Morgan fingerprint density at radius 1 is 1.05 bits per heavy atom. The zero-order valence-electron chi connectivity index (χ0n) is 23.4. The Morgan fingerprint density at radius 2 is 1.76 bits per heavy atom. The maximum absolute atomic E-state index is 12.5. The van der Waals surface area contributed by atoms with Crippen LogP contribution in [-0.4, -0.2) is 28.4 Å². The monoisotopic (exact) mass is 508 g/mol. The Kier molecular flexibility index (Phi) is 7.64. The molecule has 2 N–H and O–H groups in total. The minimum Gasteiger partial charge on any atom is -0.461 e. The Morgan fingerprint density at radius 3 is 2.49 bits per heavy atom. The Labute approximate surface area is 223 Å². The lowest BCUT2D eigenvalue weighted by atomic mass is 9.42. The van der Waals surface area contributed by atoms with Crippen molar-refractivity contribution in [2.24, 2.45) is 46.3 Å². The number of allylic oxidation sites excluding steroid dienone is 1. The van der Waals surface area contributed by atoms with Crippen LogP contribution in [0.1, 0.15) is 91.0 Å². The smallest absolute Gasteiger partial charge is 0.306 e. The van der Waals surface area contributed by atoms with E-state index in [4.69, 9.17) is 4.74 Å². The van der Waals surface area contributed by atoms with Crippen LogP contribution in [-0.2, 0) is 16.1 Å². The minimum atomic E-state index is -0.384. The summed E-state index contributed by atoms with van der Waals surface area (Å²) in [5.41, 5.74) is 2.62. The number of ether oxygens (including phenoxy) is 1. The van der Waals surface area contributed by atoms with Crippen molar-refractivity contribution in [1.82, 2.24) is 0 Å². The molecule has 0 bridgehead atoms. The summed E-state index contributed by atoms with van der Waals surface area (Å²) in [4.78, 5) is 12.5. The van der Waals surface area contributed by atoms with Gasteiger partial charge in [-0.3, -0.25) is 4.79 Å². The Bertz CT molecular complexity index is 987. The van der Waals surface area contributed by atoms with Gasteiger partial charge in [0.25, 0.3) is 0 Å². The minimum absolute atomic E-state index is 0.0991. The van der Waals surface area contributed by atoms with Gasteiger partial charge in [-0.1, -0.05) is 57.2 Å². The van der Waals surface area contributed by atoms with Crippen molar-refractivity contribution in [1.29, 1.82) is 0 Å². The van der Waals surface area contributed by atoms with Crippen molar-refractivity contribution in [2.75, 3.05) is 0 Å². The van der Waals surface area contributed by atoms with Gasteiger partial charge in [-0.2, -0.15) is 0 Å². The van der Waals surface area contributed by atoms with Crippen LogP contribution in [0.25, 0.3) is 0 Å². The lowest BCUT2D eigenvalue weighted by Crippen LogP contribution is -2.59. The molecule has 4 nitrogen and oxygen atoms in total. The Balaban J connectivity index is 1.26. The van der Waals surface area contributed by atoms with Crippen LogP contribution in [0.5, 0.6) is 0 Å². The molecule has 4 saturated carbocycles. The summed E-state index contributed by atoms with van der Waals surface area (Å²) < 4.78 is 5.55. The molecule has 0 amide bonds. The first-order chi connectivity index (χ1) is 17.7. The van der Waals surface area contributed by atoms with E-state index in [0.717, 1.165) is 31.2 Å². The number of carbonyl (C=O) groups is 1. The summed E-state index contributed by atoms with van der Waals surface area (Å²) in [6.45, 7) is 9.73. The molecule has 0 radical (unpaired) electrons. The van der Waals surface area contributed by atoms with Crippen molar-refractivity contribution in [3.63, 3.8) is 0 Å². The van der Waals surface area contributed by atoms with E-state index >= 15 is 0 Å². The second-order valence-electron chi connectivity index (χ2n) is 13.4. The molecule has 37 heavy (non-hydrogen) atoms. The third kappa shape index (κ3) is 4.71. The molecule has 0 aliphatic heterocycles. The maximum atomic E-state index is 12.5. The molecule has 0 aromatic heterocycles. The highest BCUT2D eigenvalue weighted by molar-refractivity contribution is 5.69. The first-order valence-corrected chi connectivity index (χ1v) is 14.9. The van der Waals surface area contributed by atoms with Crippen LogP contribution in [0.4, 0.5) is 0 Å². The van der Waals surface area contributed by atoms with E-state index in [1.165, 1.54) is 31.3 Å². The van der Waals surface area contributed by atoms with Crippen LogP contribution in [0.3, 0.4) is 0 Å². The fraction of sp³-hybridized carbons (Fsp3) is 0.727. The molecule has 1 aromatic rings. The highest BCUT2D eigenvalue weighted by Crippen LogP contribution is 2.69. The maximum Gasteiger partial charge on any atom is 0.306 e. The first-order valence-electron chi connectivity index (χ1n) is 14.9. The van der Waals surface area contributed by atoms with Crippen molar-refractivity contribution >= 4 is 5.97 Å². The largest absolute Gasteiger partial charge is 0.461 e. The molecule has 0 saturated heterocycles. The van der Waals surface area contributed by atoms with E-state index in [2.05, 4.69) is 33.8 Å². The van der Waals surface area contributed by atoms with Crippen LogP contribution < -0.4 is 0 Å². The molecule has 0 unspecified atom stereocenters. The molecule has 4 heteroatoms. The number of fused-ring (bicyclic) bond motifs is 5. The van der Waals surface area contributed by atoms with Crippen molar-refractivity contribution in [3.8, 4) is 0 Å². The van der Waals surface area contributed by atoms with Crippen LogP contribution in [0.15, 0.2) is 42.0 Å². The standard InChI is InChI=1S/C33H48O4/c1-5-24-28-19-23(34)15-17-33(28,4)27-16-18-32(3)25(12-13-26(32)30(27)31(24)36)21(2)11-14-29(35)37-20-22-9-7-6-8-10-22/h5-10,21,23,25-28,30-31,34,36H,11-20H2,1-4H3/b24-5-/t21-,23-,25-,26+,27+,28+,30+,31-,32-,33-/m1/s1. The third-order valence-corrected chi connectivity index (χ3v) is 11.7. The molecule has 1 aromatic carbocycles. The lowest BCUT2D eigenvalue weighted by Gasteiger charge is -2.63. The average molecular weight is 509 g/mol. The lowest BCUT2D eigenvalue weighted by molar-refractivity contribution is -0.149. The fourth-order valence-electron chi connectivity index (χ4n) is 9.81. The van der Waals surface area contributed by atoms with Gasteiger partial charge in [0, 0.05) is 6.42 Å². The highest BCUT2D eigenvalue weighted by atomic mass is 16.5. The van der Waals surface area contributed by atoms with Gasteiger partial charge in [-0.15, -0.1) is 0 Å². The van der Waals surface area contributed by atoms with Crippen LogP contribution in [0, 0.1) is 46.3 Å². The quantitative estimate of drug-likeness (QED) is 0.332. The van der Waals surface area contributed by atoms with E-state index in [-0.39, 0.29) is 29.0 Å². The summed E-state index contributed by atoms with van der Waals surface area (Å²) >= 11 is 0. The van der Waals surface area contributed by atoms with Gasteiger partial charge in [0.1, 0.15) is 6.61 Å². The van der Waals surface area contributed by atoms with Gasteiger partial charge < -0.3 is 14.9 Å². The molecule has 4 fully saturated rings. The number of benzene rings is 1. The van der Waals surface area contributed by atoms with Gasteiger partial charge in [0.2, 0.25) is 0 Å². The molecule has 0 spiro atoms. The first kappa shape index (κ1) is 26.9. The summed E-state index contributed by atoms with van der Waals surface area (Å²) in [6, 6.07) is 9.89. The number of rotatable bonds is 6. The SMILES string of the molecule is C/C=C1\[C@@H](O)[C@@H]2[C@H](CC[C@]3(C)[C@@H]([C@H](C)CCC(=O)OCc4ccccc4)CC[C@@H]23)[C@@]2(C)CC[C@@H](O)C[C@@H]12. The van der Waals surface area contributed by atoms with Gasteiger partial charge in [0.05, 0.1) is 12.2 Å². The number of aliphatic hydroxyl groups is 2. The van der Waals surface area contributed by atoms with Gasteiger partial charge >= 0.3 is 5.97 Å². The molecular weight excluding hydrogens is 460 g/mol. The fourth-order valence-corrected chi connectivity index (χ4v) is 9.81. The third-order valence-electron chi connectivity index (χ3n) is 11.7. The number of hydrogen-bond acceptors (Lipinski definition) is 4. The summed E-state index contributed by atoms with van der Waals surface area (Å²) in [7, 11) is 0. The molecule has 4 aliphatic carbocycles. The summed E-state index contributed by atoms with van der Waals surface area (Å²) in [5.74, 6) is 2.63. The zero-order valence-corrected chi connectivity index (χ0v) is 23.4. The molecular formula is C33H48O4. The van der Waals surface area contributed by atoms with Crippen molar-refractivity contribution in [3.05, 3.63) is 47.5 Å². The van der Waals surface area contributed by atoms with Crippen LogP contribution >= 0.6 is 0 Å². The average Bonchev–Trinajstić information content (AvgIpc) is 3.25. The van der Waals surface area contributed by atoms with E-state index in [0.29, 0.717) is 48.5 Å². The normalized spacial score (nSPS) is 43.0. The van der Waals surface area contributed by atoms with E-state index in [1.807, 2.05) is 30.3 Å². The van der Waals surface area contributed by atoms with E-state index in [1.54, 1.807) is 0 Å². The van der Waals surface area contributed by atoms with Crippen molar-refractivity contribution in [2.45, 2.75) is 104 Å². The molecule has 4 aliphatic rings. The topological polar surface area (TPSA) is 66.8 Å². The molecule has 10 atom stereocenters. The second-order valence-corrected chi connectivity index (χ2v) is 13.4. The number of carbonyl (C=O) groups excluding carboxylic acids is 1. The molecule has 0 heterocycles. The number of aliphatic hydroxyl groups excluding tert-OH is 2. The van der Waals surface area contributed by atoms with E-state index in [9.17, 15) is 15.0 Å². The number of esters is 1. The predicted octanol–water partition coefficient (Wildman–Crippen LogP) is 6.69. The van der Waals surface area contributed by atoms with Gasteiger partial charge in [-0.25, -0.2) is 0 Å². The van der Waals surface area contributed by atoms with Gasteiger partial charge in [-0.05, 0) is 116 Å². The predicted molar refractivity (Wildman–Crippen MR) is 146 cm³/mol. The highest BCUT2D eigenvalue weighted by Gasteiger charge is 2.63. The van der Waals surface area contributed by atoms with Gasteiger partial charge in [0.15, 0.2) is 0 Å². The Hall–Kier alpha value is -1.65. The number of hydrogen-bond donors (Lipinski definition) is 2. The summed E-state index contributed by atoms with van der Waals surface area (Å²) in [5, 5.41) is 22.3. The molecule has 204 valence electrons. The molecule has 5 rings (SSSR count). The van der Waals surface area contributed by atoms with Crippen LogP contribution in [0.2, 0.25) is 0 Å². The van der Waals surface area contributed by atoms with E-state index < -0.39 is 0 Å². The summed E-state index contributed by atoms with van der Waals surface area (Å²) in [6.07, 6.45) is 10.4. The van der Waals surface area contributed by atoms with Crippen molar-refractivity contribution < 1.29 is 19.7 Å². The second kappa shape index (κ2) is 10.5.